The van der Waals surface area contributed by atoms with E-state index >= 15 is 0 Å². The highest BCUT2D eigenvalue weighted by Gasteiger charge is 2.23. The molecule has 0 aliphatic heterocycles. The van der Waals surface area contributed by atoms with E-state index in [1.54, 1.807) is 11.0 Å². The fourth-order valence-electron chi connectivity index (χ4n) is 3.91. The lowest BCUT2D eigenvalue weighted by molar-refractivity contribution is 0.0944. The van der Waals surface area contributed by atoms with Crippen molar-refractivity contribution >= 4 is 27.5 Å². The molecule has 1 atom stereocenters. The topological polar surface area (TPSA) is 77.6 Å². The monoisotopic (exact) mass is 442 g/mol. The van der Waals surface area contributed by atoms with Crippen molar-refractivity contribution in [3.05, 3.63) is 89.2 Å². The van der Waals surface area contributed by atoms with Crippen LogP contribution >= 0.6 is 11.3 Å². The number of thiophene rings is 1. The zero-order chi connectivity index (χ0) is 22.2. The Morgan fingerprint density at radius 1 is 1.12 bits per heavy atom. The van der Waals surface area contributed by atoms with Crippen LogP contribution in [0.2, 0.25) is 0 Å². The maximum Gasteiger partial charge on any atom is 0.264 e. The first-order chi connectivity index (χ1) is 15.5. The van der Waals surface area contributed by atoms with Gasteiger partial charge < -0.3 is 9.88 Å². The Hall–Kier alpha value is -3.78. The predicted molar refractivity (Wildman–Crippen MR) is 126 cm³/mol. The lowest BCUT2D eigenvalue weighted by Crippen LogP contribution is -2.26. The first-order valence-corrected chi connectivity index (χ1v) is 11.1. The number of carbonyl (C=O) groups excluding carboxylic acids is 1. The quantitative estimate of drug-likeness (QED) is 0.425. The first-order valence-electron chi connectivity index (χ1n) is 10.3. The van der Waals surface area contributed by atoms with Crippen LogP contribution in [-0.4, -0.2) is 30.2 Å². The summed E-state index contributed by atoms with van der Waals surface area (Å²) in [5.74, 6) is -0.110. The Balaban J connectivity index is 1.47. The van der Waals surface area contributed by atoms with Gasteiger partial charge in [-0.1, -0.05) is 12.1 Å². The SMILES string of the molecule is Cc1cc(C)c2c(-n3cccc3)c(C(=O)NC(C)c3ccc(-n4cncn4)cc3)sc2n1. The van der Waals surface area contributed by atoms with Crippen molar-refractivity contribution in [1.29, 1.82) is 0 Å². The van der Waals surface area contributed by atoms with E-state index in [1.807, 2.05) is 67.2 Å². The molecule has 1 N–H and O–H groups in total. The molecule has 5 rings (SSSR count). The van der Waals surface area contributed by atoms with Crippen molar-refractivity contribution in [2.75, 3.05) is 0 Å². The van der Waals surface area contributed by atoms with E-state index in [2.05, 4.69) is 28.4 Å². The van der Waals surface area contributed by atoms with Crippen molar-refractivity contribution in [3.63, 3.8) is 0 Å². The molecule has 0 bridgehead atoms. The fraction of sp³-hybridized carbons (Fsp3) is 0.167. The number of aromatic nitrogens is 5. The second-order valence-electron chi connectivity index (χ2n) is 7.76. The zero-order valence-corrected chi connectivity index (χ0v) is 18.8. The van der Waals surface area contributed by atoms with Gasteiger partial charge in [0.25, 0.3) is 5.91 Å². The van der Waals surface area contributed by atoms with E-state index in [0.717, 1.165) is 38.4 Å². The number of pyridine rings is 1. The highest BCUT2D eigenvalue weighted by atomic mass is 32.1. The summed E-state index contributed by atoms with van der Waals surface area (Å²) in [7, 11) is 0. The van der Waals surface area contributed by atoms with Gasteiger partial charge in [0, 0.05) is 23.5 Å². The molecule has 4 aromatic heterocycles. The Kier molecular flexibility index (Phi) is 5.07. The van der Waals surface area contributed by atoms with Crippen molar-refractivity contribution in [3.8, 4) is 11.4 Å². The molecule has 0 fully saturated rings. The molecule has 1 aromatic carbocycles. The van der Waals surface area contributed by atoms with Crippen molar-refractivity contribution in [1.82, 2.24) is 29.6 Å². The number of nitrogens with one attached hydrogen (secondary N) is 1. The summed E-state index contributed by atoms with van der Waals surface area (Å²) in [6.07, 6.45) is 7.08. The smallest absolute Gasteiger partial charge is 0.264 e. The van der Waals surface area contributed by atoms with Gasteiger partial charge in [0.1, 0.15) is 22.4 Å². The van der Waals surface area contributed by atoms with Gasteiger partial charge in [-0.15, -0.1) is 11.3 Å². The first kappa shape index (κ1) is 20.1. The number of rotatable bonds is 5. The van der Waals surface area contributed by atoms with Crippen LogP contribution < -0.4 is 5.32 Å². The Morgan fingerprint density at radius 3 is 2.56 bits per heavy atom. The van der Waals surface area contributed by atoms with Gasteiger partial charge in [0.05, 0.1) is 17.4 Å². The maximum absolute atomic E-state index is 13.4. The standard InChI is InChI=1S/C24H22N6OS/c1-15-12-16(2)27-24-20(15)21(29-10-4-5-11-29)22(32-24)23(31)28-17(3)18-6-8-19(9-7-18)30-14-25-13-26-30/h4-14,17H,1-3H3,(H,28,31). The molecule has 32 heavy (non-hydrogen) atoms. The van der Waals surface area contributed by atoms with E-state index in [-0.39, 0.29) is 11.9 Å². The summed E-state index contributed by atoms with van der Waals surface area (Å²) >= 11 is 1.43. The summed E-state index contributed by atoms with van der Waals surface area (Å²) < 4.78 is 3.69. The maximum atomic E-state index is 13.4. The normalized spacial score (nSPS) is 12.2. The minimum Gasteiger partial charge on any atom is -0.345 e. The summed E-state index contributed by atoms with van der Waals surface area (Å²) in [5.41, 5.74) is 4.87. The van der Waals surface area contributed by atoms with Gasteiger partial charge in [0.15, 0.2) is 0 Å². The highest BCUT2D eigenvalue weighted by molar-refractivity contribution is 7.21. The molecule has 0 saturated carbocycles. The molecular formula is C24H22N6OS. The van der Waals surface area contributed by atoms with Crippen LogP contribution in [0.4, 0.5) is 0 Å². The number of benzene rings is 1. The molecular weight excluding hydrogens is 420 g/mol. The molecule has 1 unspecified atom stereocenters. The fourth-order valence-corrected chi connectivity index (χ4v) is 5.11. The van der Waals surface area contributed by atoms with E-state index in [9.17, 15) is 4.79 Å². The van der Waals surface area contributed by atoms with Gasteiger partial charge in [-0.3, -0.25) is 4.79 Å². The average molecular weight is 443 g/mol. The zero-order valence-electron chi connectivity index (χ0n) is 18.0. The molecule has 4 heterocycles. The number of amides is 1. The van der Waals surface area contributed by atoms with Crippen molar-refractivity contribution in [2.45, 2.75) is 26.8 Å². The van der Waals surface area contributed by atoms with Crippen LogP contribution in [0.1, 0.15) is 39.5 Å². The molecule has 5 aromatic rings. The molecule has 8 heteroatoms. The third kappa shape index (κ3) is 3.58. The van der Waals surface area contributed by atoms with E-state index in [4.69, 9.17) is 4.98 Å². The summed E-state index contributed by atoms with van der Waals surface area (Å²) in [4.78, 5) is 23.6. The molecule has 0 aliphatic carbocycles. The molecule has 7 nitrogen and oxygen atoms in total. The summed E-state index contributed by atoms with van der Waals surface area (Å²) in [5, 5.41) is 8.33. The van der Waals surface area contributed by atoms with Gasteiger partial charge in [-0.2, -0.15) is 5.10 Å². The van der Waals surface area contributed by atoms with E-state index in [0.29, 0.717) is 4.88 Å². The highest BCUT2D eigenvalue weighted by Crippen LogP contribution is 2.36. The van der Waals surface area contributed by atoms with E-state index < -0.39 is 0 Å². The van der Waals surface area contributed by atoms with Crippen LogP contribution in [0.25, 0.3) is 21.6 Å². The van der Waals surface area contributed by atoms with Crippen molar-refractivity contribution < 1.29 is 4.79 Å². The van der Waals surface area contributed by atoms with Crippen LogP contribution in [0.5, 0.6) is 0 Å². The van der Waals surface area contributed by atoms with Crippen LogP contribution in [0, 0.1) is 13.8 Å². The third-order valence-electron chi connectivity index (χ3n) is 5.45. The number of hydrogen-bond acceptors (Lipinski definition) is 5. The lowest BCUT2D eigenvalue weighted by Gasteiger charge is -2.15. The number of fused-ring (bicyclic) bond motifs is 1. The minimum atomic E-state index is -0.161. The van der Waals surface area contributed by atoms with Gasteiger partial charge in [0.2, 0.25) is 0 Å². The Bertz CT molecular complexity index is 1390. The van der Waals surface area contributed by atoms with Gasteiger partial charge >= 0.3 is 0 Å². The number of aryl methyl sites for hydroxylation is 2. The summed E-state index contributed by atoms with van der Waals surface area (Å²) in [6.45, 7) is 6.03. The van der Waals surface area contributed by atoms with Crippen LogP contribution in [0.15, 0.2) is 67.5 Å². The van der Waals surface area contributed by atoms with Crippen molar-refractivity contribution in [2.24, 2.45) is 0 Å². The number of nitrogens with zero attached hydrogens (tertiary/aromatic N) is 5. The molecule has 1 amide bonds. The molecule has 0 saturated heterocycles. The summed E-state index contributed by atoms with van der Waals surface area (Å²) in [6, 6.07) is 13.7. The molecule has 160 valence electrons. The second-order valence-corrected chi connectivity index (χ2v) is 8.76. The molecule has 0 radical (unpaired) electrons. The van der Waals surface area contributed by atoms with E-state index in [1.165, 1.54) is 17.7 Å². The molecule has 0 spiro atoms. The predicted octanol–water partition coefficient (Wildman–Crippen LogP) is 4.78. The Morgan fingerprint density at radius 2 is 1.88 bits per heavy atom. The van der Waals surface area contributed by atoms with Gasteiger partial charge in [-0.25, -0.2) is 14.6 Å². The van der Waals surface area contributed by atoms with Gasteiger partial charge in [-0.05, 0) is 62.2 Å². The molecule has 0 aliphatic rings. The average Bonchev–Trinajstić information content (AvgIpc) is 3.53. The Labute approximate surface area is 189 Å². The minimum absolute atomic E-state index is 0.110. The lowest BCUT2D eigenvalue weighted by atomic mass is 10.1. The number of carbonyl (C=O) groups is 1. The van der Waals surface area contributed by atoms with Crippen LogP contribution in [0.3, 0.4) is 0 Å². The second kappa shape index (κ2) is 8.05. The largest absolute Gasteiger partial charge is 0.345 e. The third-order valence-corrected chi connectivity index (χ3v) is 6.53. The van der Waals surface area contributed by atoms with Crippen LogP contribution in [-0.2, 0) is 0 Å². The number of hydrogen-bond donors (Lipinski definition) is 1.